The highest BCUT2D eigenvalue weighted by Crippen LogP contribution is 2.54. The second-order valence-corrected chi connectivity index (χ2v) is 5.06. The van der Waals surface area contributed by atoms with Crippen LogP contribution in [0.2, 0.25) is 0 Å². The standard InChI is InChI=1S/C9H7BrF8O3/c1-5(2-6(11,12)3-10)4(19)20-7(21-5,8(13,14)15)9(16,17)18/h2-3H2,1H3. The van der Waals surface area contributed by atoms with Crippen LogP contribution in [0.3, 0.4) is 0 Å². The molecule has 0 aromatic heterocycles. The summed E-state index contributed by atoms with van der Waals surface area (Å²) in [7, 11) is 0. The van der Waals surface area contributed by atoms with Crippen LogP contribution in [-0.2, 0) is 14.3 Å². The van der Waals surface area contributed by atoms with E-state index in [-0.39, 0.29) is 0 Å². The molecule has 3 nitrogen and oxygen atoms in total. The maximum absolute atomic E-state index is 13.2. The predicted molar refractivity (Wildman–Crippen MR) is 53.8 cm³/mol. The molecule has 1 fully saturated rings. The molecule has 12 heteroatoms. The molecule has 0 amide bonds. The highest BCUT2D eigenvalue weighted by molar-refractivity contribution is 9.09. The maximum atomic E-state index is 13.2. The Bertz CT molecular complexity index is 418. The maximum Gasteiger partial charge on any atom is 0.465 e. The van der Waals surface area contributed by atoms with Crippen LogP contribution < -0.4 is 0 Å². The SMILES string of the molecule is CC1(CC(F)(F)CBr)OC(C(F)(F)F)(C(F)(F)F)OC1=O. The van der Waals surface area contributed by atoms with Crippen LogP contribution in [0, 0.1) is 0 Å². The minimum Gasteiger partial charge on any atom is -0.414 e. The molecule has 1 rings (SSSR count). The predicted octanol–water partition coefficient (Wildman–Crippen LogP) is 3.56. The molecule has 1 aliphatic heterocycles. The summed E-state index contributed by atoms with van der Waals surface area (Å²) >= 11 is 2.33. The number of ether oxygens (including phenoxy) is 2. The smallest absolute Gasteiger partial charge is 0.414 e. The van der Waals surface area contributed by atoms with E-state index in [0.29, 0.717) is 6.92 Å². The van der Waals surface area contributed by atoms with Crippen LogP contribution >= 0.6 is 15.9 Å². The lowest BCUT2D eigenvalue weighted by molar-refractivity contribution is -0.445. The van der Waals surface area contributed by atoms with Gasteiger partial charge in [-0.1, -0.05) is 15.9 Å². The zero-order valence-electron chi connectivity index (χ0n) is 10.0. The summed E-state index contributed by atoms with van der Waals surface area (Å²) in [5.74, 6) is -11.2. The molecule has 1 atom stereocenters. The van der Waals surface area contributed by atoms with Gasteiger partial charge in [-0.2, -0.15) is 26.3 Å². The summed E-state index contributed by atoms with van der Waals surface area (Å²) in [4.78, 5) is 11.3. The molecule has 0 bridgehead atoms. The van der Waals surface area contributed by atoms with Gasteiger partial charge in [0, 0.05) is 0 Å². The molecule has 1 saturated heterocycles. The number of esters is 1. The van der Waals surface area contributed by atoms with Crippen molar-refractivity contribution >= 4 is 21.9 Å². The minimum absolute atomic E-state index is 0.380. The van der Waals surface area contributed by atoms with E-state index in [9.17, 15) is 39.9 Å². The molecule has 1 heterocycles. The zero-order valence-corrected chi connectivity index (χ0v) is 11.6. The molecule has 0 aliphatic carbocycles. The second-order valence-electron chi connectivity index (χ2n) is 4.50. The molecule has 21 heavy (non-hydrogen) atoms. The number of carbonyl (C=O) groups excluding carboxylic acids is 1. The van der Waals surface area contributed by atoms with Crippen molar-refractivity contribution in [1.29, 1.82) is 0 Å². The van der Waals surface area contributed by atoms with Gasteiger partial charge >= 0.3 is 24.1 Å². The van der Waals surface area contributed by atoms with Gasteiger partial charge in [-0.3, -0.25) is 0 Å². The molecule has 0 aromatic rings. The Labute approximate surface area is 120 Å². The molecule has 0 spiro atoms. The van der Waals surface area contributed by atoms with E-state index in [1.807, 2.05) is 0 Å². The average molecular weight is 395 g/mol. The van der Waals surface area contributed by atoms with Gasteiger partial charge < -0.3 is 9.47 Å². The summed E-state index contributed by atoms with van der Waals surface area (Å²) in [5.41, 5.74) is -3.09. The number of carbonyl (C=O) groups is 1. The third-order valence-electron chi connectivity index (χ3n) is 2.58. The third-order valence-corrected chi connectivity index (χ3v) is 3.40. The van der Waals surface area contributed by atoms with E-state index >= 15 is 0 Å². The highest BCUT2D eigenvalue weighted by atomic mass is 79.9. The van der Waals surface area contributed by atoms with Crippen molar-refractivity contribution in [3.05, 3.63) is 0 Å². The average Bonchev–Trinajstić information content (AvgIpc) is 2.50. The van der Waals surface area contributed by atoms with Gasteiger partial charge in [0.25, 0.3) is 5.92 Å². The molecule has 0 N–H and O–H groups in total. The third kappa shape index (κ3) is 3.10. The number of hydrogen-bond donors (Lipinski definition) is 0. The van der Waals surface area contributed by atoms with Gasteiger partial charge in [-0.25, -0.2) is 13.6 Å². The fraction of sp³-hybridized carbons (Fsp3) is 0.889. The lowest BCUT2D eigenvalue weighted by Gasteiger charge is -2.32. The molecule has 0 saturated carbocycles. The van der Waals surface area contributed by atoms with Crippen molar-refractivity contribution in [2.24, 2.45) is 0 Å². The van der Waals surface area contributed by atoms with Crippen molar-refractivity contribution in [2.75, 3.05) is 5.33 Å². The van der Waals surface area contributed by atoms with Gasteiger partial charge in [0.05, 0.1) is 11.8 Å². The molecular weight excluding hydrogens is 388 g/mol. The van der Waals surface area contributed by atoms with E-state index in [1.54, 1.807) is 0 Å². The number of halogens is 9. The summed E-state index contributed by atoms with van der Waals surface area (Å²) in [6.07, 6.45) is -14.1. The lowest BCUT2D eigenvalue weighted by atomic mass is 9.99. The summed E-state index contributed by atoms with van der Waals surface area (Å²) in [6, 6.07) is 0. The Morgan fingerprint density at radius 3 is 1.76 bits per heavy atom. The van der Waals surface area contributed by atoms with Gasteiger partial charge in [0.2, 0.25) is 0 Å². The van der Waals surface area contributed by atoms with Crippen molar-refractivity contribution in [3.63, 3.8) is 0 Å². The largest absolute Gasteiger partial charge is 0.465 e. The van der Waals surface area contributed by atoms with Gasteiger partial charge in [0.1, 0.15) is 0 Å². The van der Waals surface area contributed by atoms with Crippen molar-refractivity contribution in [3.8, 4) is 0 Å². The summed E-state index contributed by atoms with van der Waals surface area (Å²) in [5, 5.41) is -1.09. The first-order valence-corrected chi connectivity index (χ1v) is 6.23. The Kier molecular flexibility index (Phi) is 4.32. The van der Waals surface area contributed by atoms with Crippen LogP contribution in [0.4, 0.5) is 35.1 Å². The summed E-state index contributed by atoms with van der Waals surface area (Å²) in [6.45, 7) is 0.380. The monoisotopic (exact) mass is 394 g/mol. The molecule has 1 aliphatic rings. The highest BCUT2D eigenvalue weighted by Gasteiger charge is 2.82. The molecule has 0 aromatic carbocycles. The van der Waals surface area contributed by atoms with E-state index in [0.717, 1.165) is 0 Å². The quantitative estimate of drug-likeness (QED) is 0.417. The molecular formula is C9H7BrF8O3. The number of rotatable bonds is 3. The Balaban J connectivity index is 3.26. The van der Waals surface area contributed by atoms with Crippen LogP contribution in [0.25, 0.3) is 0 Å². The Hall–Kier alpha value is -0.650. The van der Waals surface area contributed by atoms with Crippen LogP contribution in [0.15, 0.2) is 0 Å². The zero-order chi connectivity index (χ0) is 16.9. The first-order chi connectivity index (χ1) is 9.10. The van der Waals surface area contributed by atoms with Gasteiger partial charge in [0.15, 0.2) is 5.60 Å². The fourth-order valence-corrected chi connectivity index (χ4v) is 1.86. The van der Waals surface area contributed by atoms with E-state index < -0.39 is 47.4 Å². The van der Waals surface area contributed by atoms with Crippen molar-refractivity contribution < 1.29 is 49.4 Å². The fourth-order valence-electron chi connectivity index (χ4n) is 1.66. The van der Waals surface area contributed by atoms with Crippen LogP contribution in [0.1, 0.15) is 13.3 Å². The lowest BCUT2D eigenvalue weighted by Crippen LogP contribution is -2.59. The number of alkyl halides is 9. The molecule has 1 unspecified atom stereocenters. The minimum atomic E-state index is -6.18. The first kappa shape index (κ1) is 18.4. The van der Waals surface area contributed by atoms with Crippen molar-refractivity contribution in [1.82, 2.24) is 0 Å². The van der Waals surface area contributed by atoms with E-state index in [4.69, 9.17) is 0 Å². The van der Waals surface area contributed by atoms with Crippen molar-refractivity contribution in [2.45, 2.75) is 43.0 Å². The second kappa shape index (κ2) is 4.93. The topological polar surface area (TPSA) is 35.5 Å². The van der Waals surface area contributed by atoms with Crippen LogP contribution in [0.5, 0.6) is 0 Å². The van der Waals surface area contributed by atoms with E-state index in [2.05, 4.69) is 25.4 Å². The summed E-state index contributed by atoms with van der Waals surface area (Å²) < 4.78 is 109. The first-order valence-electron chi connectivity index (χ1n) is 5.11. The van der Waals surface area contributed by atoms with E-state index in [1.165, 1.54) is 0 Å². The Morgan fingerprint density at radius 2 is 1.48 bits per heavy atom. The number of hydrogen-bond acceptors (Lipinski definition) is 3. The molecule has 0 radical (unpaired) electrons. The normalized spacial score (nSPS) is 26.9. The number of cyclic esters (lactones) is 1. The van der Waals surface area contributed by atoms with Gasteiger partial charge in [-0.15, -0.1) is 0 Å². The van der Waals surface area contributed by atoms with Crippen LogP contribution in [-0.4, -0.2) is 41.0 Å². The van der Waals surface area contributed by atoms with Gasteiger partial charge in [-0.05, 0) is 6.92 Å². The Morgan fingerprint density at radius 1 is 1.05 bits per heavy atom. The molecule has 124 valence electrons.